The number of thiophene rings is 1. The largest absolute Gasteiger partial charge is 0.350 e. The lowest BCUT2D eigenvalue weighted by Gasteiger charge is -2.08. The van der Waals surface area contributed by atoms with Crippen molar-refractivity contribution in [1.29, 1.82) is 5.26 Å². The fourth-order valence-electron chi connectivity index (χ4n) is 2.39. The standard InChI is InChI=1S/C19H16N4OS/c20-12-15-5-3-14(4-6-15)7-8-18(24)23-13-16-19(22-10-9-21-16)17-2-1-11-25-17/h1-6,9-11H,7-8,13H2,(H,23,24). The van der Waals surface area contributed by atoms with Crippen molar-refractivity contribution >= 4 is 17.2 Å². The van der Waals surface area contributed by atoms with Gasteiger partial charge in [-0.1, -0.05) is 18.2 Å². The van der Waals surface area contributed by atoms with Gasteiger partial charge in [0.1, 0.15) is 5.69 Å². The zero-order valence-corrected chi connectivity index (χ0v) is 14.3. The van der Waals surface area contributed by atoms with Crippen LogP contribution in [0.15, 0.2) is 54.2 Å². The molecule has 6 heteroatoms. The van der Waals surface area contributed by atoms with Gasteiger partial charge in [0.25, 0.3) is 0 Å². The van der Waals surface area contributed by atoms with E-state index in [1.54, 1.807) is 35.9 Å². The molecule has 1 aromatic carbocycles. The van der Waals surface area contributed by atoms with E-state index in [-0.39, 0.29) is 5.91 Å². The quantitative estimate of drug-likeness (QED) is 0.741. The normalized spacial score (nSPS) is 10.2. The zero-order valence-electron chi connectivity index (χ0n) is 13.5. The lowest BCUT2D eigenvalue weighted by Crippen LogP contribution is -2.24. The number of benzene rings is 1. The van der Waals surface area contributed by atoms with Gasteiger partial charge < -0.3 is 5.32 Å². The van der Waals surface area contributed by atoms with Crippen LogP contribution in [0.3, 0.4) is 0 Å². The highest BCUT2D eigenvalue weighted by Gasteiger charge is 2.10. The van der Waals surface area contributed by atoms with Crippen LogP contribution in [-0.2, 0) is 17.8 Å². The number of aromatic nitrogens is 2. The number of aryl methyl sites for hydroxylation is 1. The fraction of sp³-hybridized carbons (Fsp3) is 0.158. The van der Waals surface area contributed by atoms with Crippen LogP contribution in [0.1, 0.15) is 23.2 Å². The molecular formula is C19H16N4OS. The van der Waals surface area contributed by atoms with Gasteiger partial charge in [0.2, 0.25) is 5.91 Å². The smallest absolute Gasteiger partial charge is 0.220 e. The Morgan fingerprint density at radius 1 is 1.16 bits per heavy atom. The van der Waals surface area contributed by atoms with E-state index < -0.39 is 0 Å². The Kier molecular flexibility index (Phi) is 5.50. The lowest BCUT2D eigenvalue weighted by molar-refractivity contribution is -0.121. The van der Waals surface area contributed by atoms with Crippen LogP contribution >= 0.6 is 11.3 Å². The Labute approximate surface area is 150 Å². The Morgan fingerprint density at radius 3 is 2.68 bits per heavy atom. The molecule has 3 aromatic rings. The van der Waals surface area contributed by atoms with Crippen molar-refractivity contribution in [2.75, 3.05) is 0 Å². The van der Waals surface area contributed by atoms with Gasteiger partial charge in [0, 0.05) is 18.8 Å². The van der Waals surface area contributed by atoms with Crippen LogP contribution in [-0.4, -0.2) is 15.9 Å². The van der Waals surface area contributed by atoms with E-state index in [2.05, 4.69) is 21.4 Å². The third kappa shape index (κ3) is 4.49. The van der Waals surface area contributed by atoms with Crippen molar-refractivity contribution in [3.05, 3.63) is 71.0 Å². The van der Waals surface area contributed by atoms with Crippen LogP contribution in [0, 0.1) is 11.3 Å². The number of nitrogens with zero attached hydrogens (tertiary/aromatic N) is 3. The summed E-state index contributed by atoms with van der Waals surface area (Å²) in [6.45, 7) is 0.354. The Hall–Kier alpha value is -3.04. The maximum atomic E-state index is 12.1. The van der Waals surface area contributed by atoms with Crippen LogP contribution in [0.4, 0.5) is 0 Å². The van der Waals surface area contributed by atoms with Gasteiger partial charge in [-0.2, -0.15) is 5.26 Å². The molecule has 0 radical (unpaired) electrons. The highest BCUT2D eigenvalue weighted by molar-refractivity contribution is 7.13. The zero-order chi connectivity index (χ0) is 17.5. The van der Waals surface area contributed by atoms with Crippen molar-refractivity contribution in [3.63, 3.8) is 0 Å². The first-order valence-electron chi connectivity index (χ1n) is 7.86. The maximum Gasteiger partial charge on any atom is 0.220 e. The number of hydrogen-bond acceptors (Lipinski definition) is 5. The molecular weight excluding hydrogens is 332 g/mol. The average Bonchev–Trinajstić information content (AvgIpc) is 3.20. The number of amides is 1. The number of hydrogen-bond donors (Lipinski definition) is 1. The molecule has 2 heterocycles. The number of carbonyl (C=O) groups is 1. The molecule has 1 N–H and O–H groups in total. The van der Waals surface area contributed by atoms with Gasteiger partial charge in [0.05, 0.1) is 28.7 Å². The number of nitriles is 1. The predicted octanol–water partition coefficient (Wildman–Crippen LogP) is 3.33. The van der Waals surface area contributed by atoms with E-state index in [9.17, 15) is 4.79 Å². The van der Waals surface area contributed by atoms with Gasteiger partial charge in [-0.15, -0.1) is 11.3 Å². The van der Waals surface area contributed by atoms with Gasteiger partial charge in [-0.25, -0.2) is 0 Å². The van der Waals surface area contributed by atoms with Gasteiger partial charge in [-0.05, 0) is 35.6 Å². The summed E-state index contributed by atoms with van der Waals surface area (Å²) < 4.78 is 0. The summed E-state index contributed by atoms with van der Waals surface area (Å²) in [6.07, 6.45) is 4.32. The Balaban J connectivity index is 1.55. The number of rotatable bonds is 6. The molecule has 0 spiro atoms. The summed E-state index contributed by atoms with van der Waals surface area (Å²) in [4.78, 5) is 21.9. The minimum Gasteiger partial charge on any atom is -0.350 e. The first-order valence-corrected chi connectivity index (χ1v) is 8.74. The molecule has 124 valence electrons. The minimum absolute atomic E-state index is 0.0351. The molecule has 0 bridgehead atoms. The number of carbonyl (C=O) groups excluding carboxylic acids is 1. The maximum absolute atomic E-state index is 12.1. The molecule has 0 aliphatic carbocycles. The van der Waals surface area contributed by atoms with Crippen molar-refractivity contribution in [2.24, 2.45) is 0 Å². The van der Waals surface area contributed by atoms with E-state index >= 15 is 0 Å². The highest BCUT2D eigenvalue weighted by Crippen LogP contribution is 2.24. The van der Waals surface area contributed by atoms with Crippen molar-refractivity contribution in [3.8, 4) is 16.6 Å². The summed E-state index contributed by atoms with van der Waals surface area (Å²) in [5.41, 5.74) is 3.23. The third-order valence-electron chi connectivity index (χ3n) is 3.71. The van der Waals surface area contributed by atoms with Crippen molar-refractivity contribution in [1.82, 2.24) is 15.3 Å². The molecule has 0 aliphatic rings. The Morgan fingerprint density at radius 2 is 1.96 bits per heavy atom. The molecule has 0 fully saturated rings. The second-order valence-corrected chi connectivity index (χ2v) is 6.36. The topological polar surface area (TPSA) is 78.7 Å². The number of nitrogens with one attached hydrogen (secondary N) is 1. The molecule has 0 unspecified atom stereocenters. The van der Waals surface area contributed by atoms with Crippen LogP contribution in [0.25, 0.3) is 10.6 Å². The molecule has 0 saturated carbocycles. The van der Waals surface area contributed by atoms with Crippen LogP contribution in [0.5, 0.6) is 0 Å². The SMILES string of the molecule is N#Cc1ccc(CCC(=O)NCc2nccnc2-c2cccs2)cc1. The second-order valence-electron chi connectivity index (χ2n) is 5.41. The van der Waals surface area contributed by atoms with E-state index in [1.807, 2.05) is 29.6 Å². The van der Waals surface area contributed by atoms with Gasteiger partial charge >= 0.3 is 0 Å². The van der Waals surface area contributed by atoms with Crippen molar-refractivity contribution < 1.29 is 4.79 Å². The molecule has 1 amide bonds. The van der Waals surface area contributed by atoms with Crippen LogP contribution < -0.4 is 5.32 Å². The average molecular weight is 348 g/mol. The lowest BCUT2D eigenvalue weighted by atomic mass is 10.1. The molecule has 0 saturated heterocycles. The summed E-state index contributed by atoms with van der Waals surface area (Å²) in [6, 6.07) is 13.3. The molecule has 0 aliphatic heterocycles. The summed E-state index contributed by atoms with van der Waals surface area (Å²) in [5.74, 6) is -0.0351. The van der Waals surface area contributed by atoms with E-state index in [1.165, 1.54) is 0 Å². The minimum atomic E-state index is -0.0351. The van der Waals surface area contributed by atoms with E-state index in [0.717, 1.165) is 21.8 Å². The Bertz CT molecular complexity index is 883. The summed E-state index contributed by atoms with van der Waals surface area (Å²) in [5, 5.41) is 13.7. The second kappa shape index (κ2) is 8.18. The predicted molar refractivity (Wildman–Crippen MR) is 96.7 cm³/mol. The highest BCUT2D eigenvalue weighted by atomic mass is 32.1. The third-order valence-corrected chi connectivity index (χ3v) is 4.58. The molecule has 0 atom stereocenters. The molecule has 3 rings (SSSR count). The molecule has 2 aromatic heterocycles. The van der Waals surface area contributed by atoms with Crippen LogP contribution in [0.2, 0.25) is 0 Å². The summed E-state index contributed by atoms with van der Waals surface area (Å²) >= 11 is 1.60. The van der Waals surface area contributed by atoms with Crippen molar-refractivity contribution in [2.45, 2.75) is 19.4 Å². The van der Waals surface area contributed by atoms with Gasteiger partial charge in [-0.3, -0.25) is 14.8 Å². The fourth-order valence-corrected chi connectivity index (χ4v) is 3.13. The first-order chi connectivity index (χ1) is 12.3. The van der Waals surface area contributed by atoms with E-state index in [0.29, 0.717) is 24.9 Å². The summed E-state index contributed by atoms with van der Waals surface area (Å²) in [7, 11) is 0. The molecule has 25 heavy (non-hydrogen) atoms. The van der Waals surface area contributed by atoms with Gasteiger partial charge in [0.15, 0.2) is 0 Å². The first kappa shape index (κ1) is 16.8. The molecule has 5 nitrogen and oxygen atoms in total. The monoisotopic (exact) mass is 348 g/mol. The van der Waals surface area contributed by atoms with E-state index in [4.69, 9.17) is 5.26 Å².